The van der Waals surface area contributed by atoms with Gasteiger partial charge in [0.25, 0.3) is 0 Å². The summed E-state index contributed by atoms with van der Waals surface area (Å²) >= 11 is 0. The van der Waals surface area contributed by atoms with Crippen LogP contribution in [0.1, 0.15) is 29.2 Å². The lowest BCUT2D eigenvalue weighted by Crippen LogP contribution is -2.24. The van der Waals surface area contributed by atoms with Gasteiger partial charge in [-0.1, -0.05) is 42.0 Å². The molecular weight excluding hydrogens is 310 g/mol. The molecule has 0 spiro atoms. The molecule has 0 heterocycles. The third-order valence-corrected chi connectivity index (χ3v) is 4.82. The highest BCUT2D eigenvalue weighted by molar-refractivity contribution is 7.90. The lowest BCUT2D eigenvalue weighted by atomic mass is 9.97. The van der Waals surface area contributed by atoms with E-state index in [4.69, 9.17) is 5.11 Å². The number of aliphatic hydroxyl groups excluding tert-OH is 1. The fraction of sp³-hybridized carbons (Fsp3) is 0.333. The van der Waals surface area contributed by atoms with Crippen molar-refractivity contribution in [2.75, 3.05) is 19.4 Å². The van der Waals surface area contributed by atoms with Gasteiger partial charge in [-0.2, -0.15) is 0 Å². The van der Waals surface area contributed by atoms with E-state index < -0.39 is 9.84 Å². The zero-order valence-corrected chi connectivity index (χ0v) is 14.3. The number of hydrogen-bond donors (Lipinski definition) is 2. The van der Waals surface area contributed by atoms with Crippen molar-refractivity contribution in [1.29, 1.82) is 0 Å². The van der Waals surface area contributed by atoms with E-state index >= 15 is 0 Å². The first kappa shape index (κ1) is 17.7. The number of sulfone groups is 1. The number of hydrogen-bond acceptors (Lipinski definition) is 4. The molecule has 0 fully saturated rings. The van der Waals surface area contributed by atoms with E-state index in [-0.39, 0.29) is 12.6 Å². The third-order valence-electron chi connectivity index (χ3n) is 3.71. The summed E-state index contributed by atoms with van der Waals surface area (Å²) in [5, 5.41) is 12.4. The molecule has 0 aliphatic rings. The number of rotatable bonds is 7. The van der Waals surface area contributed by atoms with Gasteiger partial charge in [-0.3, -0.25) is 0 Å². The number of benzene rings is 2. The molecule has 4 nitrogen and oxygen atoms in total. The van der Waals surface area contributed by atoms with Crippen molar-refractivity contribution in [3.8, 4) is 0 Å². The second kappa shape index (κ2) is 7.73. The standard InChI is InChI=1S/C18H23NO3S/c1-14-7-9-15(10-8-14)18(19-11-4-12-20)16-5-3-6-17(13-16)23(2,21)22/h3,5-10,13,18-20H,4,11-12H2,1-2H3/t18-/m1/s1. The van der Waals surface area contributed by atoms with E-state index in [0.717, 1.165) is 11.1 Å². The van der Waals surface area contributed by atoms with Crippen LogP contribution in [0.4, 0.5) is 0 Å². The average molecular weight is 333 g/mol. The summed E-state index contributed by atoms with van der Waals surface area (Å²) in [7, 11) is -3.24. The summed E-state index contributed by atoms with van der Waals surface area (Å²) in [5.41, 5.74) is 3.14. The molecule has 0 saturated carbocycles. The summed E-state index contributed by atoms with van der Waals surface area (Å²) in [4.78, 5) is 0.316. The molecule has 1 atom stereocenters. The van der Waals surface area contributed by atoms with Crippen molar-refractivity contribution in [2.24, 2.45) is 0 Å². The van der Waals surface area contributed by atoms with Crippen molar-refractivity contribution in [3.05, 3.63) is 65.2 Å². The molecule has 0 saturated heterocycles. The molecule has 0 aliphatic heterocycles. The van der Waals surface area contributed by atoms with E-state index in [9.17, 15) is 8.42 Å². The van der Waals surface area contributed by atoms with Crippen LogP contribution in [0.2, 0.25) is 0 Å². The van der Waals surface area contributed by atoms with E-state index in [1.807, 2.05) is 37.3 Å². The van der Waals surface area contributed by atoms with Gasteiger partial charge in [0.15, 0.2) is 9.84 Å². The molecule has 23 heavy (non-hydrogen) atoms. The van der Waals surface area contributed by atoms with Crippen LogP contribution in [-0.2, 0) is 9.84 Å². The highest BCUT2D eigenvalue weighted by Crippen LogP contribution is 2.24. The predicted octanol–water partition coefficient (Wildman–Crippen LogP) is 2.46. The van der Waals surface area contributed by atoms with Crippen molar-refractivity contribution < 1.29 is 13.5 Å². The fourth-order valence-electron chi connectivity index (χ4n) is 2.44. The minimum Gasteiger partial charge on any atom is -0.396 e. The Morgan fingerprint density at radius 1 is 1.09 bits per heavy atom. The molecule has 0 unspecified atom stereocenters. The summed E-state index contributed by atoms with van der Waals surface area (Å²) < 4.78 is 23.6. The van der Waals surface area contributed by atoms with E-state index in [1.54, 1.807) is 18.2 Å². The first-order valence-corrected chi connectivity index (χ1v) is 9.52. The maximum Gasteiger partial charge on any atom is 0.175 e. The maximum atomic E-state index is 11.8. The Morgan fingerprint density at radius 2 is 1.78 bits per heavy atom. The van der Waals surface area contributed by atoms with Gasteiger partial charge in [0, 0.05) is 12.9 Å². The van der Waals surface area contributed by atoms with Crippen LogP contribution in [0.3, 0.4) is 0 Å². The van der Waals surface area contributed by atoms with Gasteiger partial charge in [-0.25, -0.2) is 8.42 Å². The molecule has 124 valence electrons. The topological polar surface area (TPSA) is 66.4 Å². The Bertz CT molecular complexity index is 739. The quantitative estimate of drug-likeness (QED) is 0.764. The molecule has 0 radical (unpaired) electrons. The average Bonchev–Trinajstić information content (AvgIpc) is 2.52. The lowest BCUT2D eigenvalue weighted by Gasteiger charge is -2.20. The van der Waals surface area contributed by atoms with Gasteiger partial charge in [0.1, 0.15) is 0 Å². The molecule has 2 rings (SSSR count). The van der Waals surface area contributed by atoms with Crippen LogP contribution in [0.15, 0.2) is 53.4 Å². The molecule has 2 N–H and O–H groups in total. The highest BCUT2D eigenvalue weighted by Gasteiger charge is 2.16. The summed E-state index contributed by atoms with van der Waals surface area (Å²) in [5.74, 6) is 0. The van der Waals surface area contributed by atoms with Crippen LogP contribution in [0.5, 0.6) is 0 Å². The summed E-state index contributed by atoms with van der Waals surface area (Å²) in [6, 6.07) is 15.1. The Kier molecular flexibility index (Phi) is 5.93. The SMILES string of the molecule is Cc1ccc([C@@H](NCCCO)c2cccc(S(C)(=O)=O)c2)cc1. The number of aliphatic hydroxyl groups is 1. The summed E-state index contributed by atoms with van der Waals surface area (Å²) in [6.45, 7) is 2.80. The maximum absolute atomic E-state index is 11.8. The van der Waals surface area contributed by atoms with E-state index in [2.05, 4.69) is 5.32 Å². The van der Waals surface area contributed by atoms with Gasteiger partial charge in [-0.15, -0.1) is 0 Å². The predicted molar refractivity (Wildman–Crippen MR) is 92.3 cm³/mol. The van der Waals surface area contributed by atoms with Gasteiger partial charge in [0.2, 0.25) is 0 Å². The van der Waals surface area contributed by atoms with E-state index in [0.29, 0.717) is 17.9 Å². The molecule has 0 aliphatic carbocycles. The second-order valence-electron chi connectivity index (χ2n) is 5.72. The number of aryl methyl sites for hydroxylation is 1. The number of nitrogens with one attached hydrogen (secondary N) is 1. The van der Waals surface area contributed by atoms with Crippen molar-refractivity contribution >= 4 is 9.84 Å². The minimum atomic E-state index is -3.24. The smallest absolute Gasteiger partial charge is 0.175 e. The lowest BCUT2D eigenvalue weighted by molar-refractivity contribution is 0.284. The molecule has 5 heteroatoms. The molecule has 0 amide bonds. The molecule has 2 aromatic carbocycles. The van der Waals surface area contributed by atoms with Gasteiger partial charge < -0.3 is 10.4 Å². The van der Waals surface area contributed by atoms with Crippen LogP contribution in [-0.4, -0.2) is 32.9 Å². The van der Waals surface area contributed by atoms with Crippen molar-refractivity contribution in [2.45, 2.75) is 24.3 Å². The Balaban J connectivity index is 2.38. The monoisotopic (exact) mass is 333 g/mol. The third kappa shape index (κ3) is 4.89. The highest BCUT2D eigenvalue weighted by atomic mass is 32.2. The molecule has 0 bridgehead atoms. The van der Waals surface area contributed by atoms with Gasteiger partial charge in [-0.05, 0) is 43.1 Å². The fourth-order valence-corrected chi connectivity index (χ4v) is 3.11. The Labute approximate surface area is 138 Å². The van der Waals surface area contributed by atoms with Crippen LogP contribution >= 0.6 is 0 Å². The van der Waals surface area contributed by atoms with Gasteiger partial charge >= 0.3 is 0 Å². The molecule has 2 aromatic rings. The van der Waals surface area contributed by atoms with Crippen molar-refractivity contribution in [1.82, 2.24) is 5.32 Å². The normalized spacial score (nSPS) is 13.0. The van der Waals surface area contributed by atoms with Crippen LogP contribution in [0.25, 0.3) is 0 Å². The Morgan fingerprint density at radius 3 is 2.39 bits per heavy atom. The minimum absolute atomic E-state index is 0.108. The van der Waals surface area contributed by atoms with Crippen LogP contribution in [0, 0.1) is 6.92 Å². The zero-order valence-electron chi connectivity index (χ0n) is 13.5. The Hall–Kier alpha value is -1.69. The van der Waals surface area contributed by atoms with Crippen LogP contribution < -0.4 is 5.32 Å². The molecule has 0 aromatic heterocycles. The van der Waals surface area contributed by atoms with E-state index in [1.165, 1.54) is 11.8 Å². The zero-order chi connectivity index (χ0) is 16.9. The largest absolute Gasteiger partial charge is 0.396 e. The first-order valence-electron chi connectivity index (χ1n) is 7.62. The summed E-state index contributed by atoms with van der Waals surface area (Å²) in [6.07, 6.45) is 1.86. The van der Waals surface area contributed by atoms with Crippen molar-refractivity contribution in [3.63, 3.8) is 0 Å². The first-order chi connectivity index (χ1) is 10.9. The van der Waals surface area contributed by atoms with Gasteiger partial charge in [0.05, 0.1) is 10.9 Å². The second-order valence-corrected chi connectivity index (χ2v) is 7.74. The molecular formula is C18H23NO3S.